The molecule has 0 aromatic rings. The Morgan fingerprint density at radius 3 is 1.58 bits per heavy atom. The van der Waals surface area contributed by atoms with E-state index in [0.29, 0.717) is 6.42 Å². The van der Waals surface area contributed by atoms with Crippen molar-refractivity contribution < 1.29 is 30.0 Å². The highest BCUT2D eigenvalue weighted by atomic mass is 16.5. The summed E-state index contributed by atoms with van der Waals surface area (Å²) >= 11 is 0. The first-order chi connectivity index (χ1) is 12.0. The predicted molar refractivity (Wildman–Crippen MR) is 103 cm³/mol. The van der Waals surface area contributed by atoms with Gasteiger partial charge in [-0.05, 0) is 26.3 Å². The maximum atomic E-state index is 10.6. The molecule has 6 heteroatoms. The molecule has 0 heterocycles. The molecule has 0 radical (unpaired) electrons. The van der Waals surface area contributed by atoms with Crippen molar-refractivity contribution in [1.29, 1.82) is 0 Å². The van der Waals surface area contributed by atoms with Crippen molar-refractivity contribution in [3.8, 4) is 0 Å². The second-order valence-corrected chi connectivity index (χ2v) is 6.67. The number of hydrogen-bond acceptors (Lipinski definition) is 4. The fourth-order valence-electron chi connectivity index (χ4n) is 2.18. The van der Waals surface area contributed by atoms with Crippen LogP contribution in [0.1, 0.15) is 85.0 Å². The van der Waals surface area contributed by atoms with Crippen molar-refractivity contribution in [1.82, 2.24) is 0 Å². The molecule has 0 aliphatic heterocycles. The van der Waals surface area contributed by atoms with Crippen molar-refractivity contribution in [3.05, 3.63) is 23.8 Å². The third-order valence-electron chi connectivity index (χ3n) is 3.80. The summed E-state index contributed by atoms with van der Waals surface area (Å²) in [4.78, 5) is 20.2. The Labute approximate surface area is 157 Å². The van der Waals surface area contributed by atoms with Crippen LogP contribution in [-0.2, 0) is 9.59 Å². The van der Waals surface area contributed by atoms with Gasteiger partial charge in [-0.1, -0.05) is 64.9 Å². The van der Waals surface area contributed by atoms with Crippen LogP contribution in [0.25, 0.3) is 0 Å². The number of aliphatic hydroxyl groups is 2. The third-order valence-corrected chi connectivity index (χ3v) is 3.80. The second-order valence-electron chi connectivity index (χ2n) is 6.67. The molecule has 0 unspecified atom stereocenters. The minimum absolute atomic E-state index is 0.0362. The second kappa shape index (κ2) is 15.6. The van der Waals surface area contributed by atoms with Crippen molar-refractivity contribution in [2.75, 3.05) is 0 Å². The summed E-state index contributed by atoms with van der Waals surface area (Å²) < 4.78 is 0. The van der Waals surface area contributed by atoms with Crippen molar-refractivity contribution in [2.24, 2.45) is 0 Å². The Kier molecular flexibility index (Phi) is 15.9. The van der Waals surface area contributed by atoms with Crippen molar-refractivity contribution in [3.63, 3.8) is 0 Å². The van der Waals surface area contributed by atoms with E-state index in [1.165, 1.54) is 52.4 Å². The van der Waals surface area contributed by atoms with Gasteiger partial charge in [0.2, 0.25) is 0 Å². The lowest BCUT2D eigenvalue weighted by Gasteiger charge is -2.17. The zero-order chi connectivity index (χ0) is 20.6. The van der Waals surface area contributed by atoms with Crippen LogP contribution in [0.2, 0.25) is 0 Å². The van der Waals surface area contributed by atoms with Crippen LogP contribution in [0, 0.1) is 0 Å². The van der Waals surface area contributed by atoms with Crippen LogP contribution in [-0.4, -0.2) is 38.2 Å². The van der Waals surface area contributed by atoms with Crippen molar-refractivity contribution in [2.45, 2.75) is 90.8 Å². The summed E-state index contributed by atoms with van der Waals surface area (Å²) in [5.74, 6) is -4.05. The standard InChI is InChI=1S/C16H30O4.C4H6O2/c1-3-4-5-6-7-8-9-10-11-12-16(19,20)13-14(2)15(17)18;1-3(2)4(5)6/h13,19-20H,3-12H2,1-2H3,(H,17,18);1H2,2H3,(H,5,6). The van der Waals surface area contributed by atoms with Crippen molar-refractivity contribution >= 4 is 11.9 Å². The van der Waals surface area contributed by atoms with Gasteiger partial charge in [-0.2, -0.15) is 0 Å². The van der Waals surface area contributed by atoms with E-state index in [1.54, 1.807) is 0 Å². The zero-order valence-corrected chi connectivity index (χ0v) is 16.5. The maximum absolute atomic E-state index is 10.6. The summed E-state index contributed by atoms with van der Waals surface area (Å²) in [5, 5.41) is 35.9. The predicted octanol–water partition coefficient (Wildman–Crippen LogP) is 4.27. The van der Waals surface area contributed by atoms with E-state index in [2.05, 4.69) is 13.5 Å². The van der Waals surface area contributed by atoms with Crippen LogP contribution in [0.15, 0.2) is 23.8 Å². The molecule has 26 heavy (non-hydrogen) atoms. The number of hydrogen-bond donors (Lipinski definition) is 4. The topological polar surface area (TPSA) is 115 Å². The van der Waals surface area contributed by atoms with Crippen LogP contribution in [0.4, 0.5) is 0 Å². The molecule has 0 rings (SSSR count). The Balaban J connectivity index is 0. The first-order valence-corrected chi connectivity index (χ1v) is 9.29. The number of carboxylic acid groups (broad SMARTS) is 2. The van der Waals surface area contributed by atoms with E-state index < -0.39 is 17.7 Å². The van der Waals surface area contributed by atoms with E-state index in [4.69, 9.17) is 10.2 Å². The average Bonchev–Trinajstić information content (AvgIpc) is 2.53. The highest BCUT2D eigenvalue weighted by molar-refractivity contribution is 5.86. The molecule has 0 saturated carbocycles. The van der Waals surface area contributed by atoms with E-state index >= 15 is 0 Å². The molecule has 152 valence electrons. The van der Waals surface area contributed by atoms with Gasteiger partial charge >= 0.3 is 11.9 Å². The minimum atomic E-state index is -2.00. The lowest BCUT2D eigenvalue weighted by Crippen LogP contribution is -2.26. The average molecular weight is 373 g/mol. The normalized spacial score (nSPS) is 11.5. The molecule has 0 saturated heterocycles. The Morgan fingerprint density at radius 2 is 1.23 bits per heavy atom. The summed E-state index contributed by atoms with van der Waals surface area (Å²) in [6, 6.07) is 0. The van der Waals surface area contributed by atoms with Gasteiger partial charge in [-0.3, -0.25) is 0 Å². The molecule has 0 atom stereocenters. The lowest BCUT2D eigenvalue weighted by atomic mass is 10.0. The monoisotopic (exact) mass is 372 g/mol. The third kappa shape index (κ3) is 18.7. The minimum Gasteiger partial charge on any atom is -0.478 e. The van der Waals surface area contributed by atoms with Gasteiger partial charge in [-0.25, -0.2) is 9.59 Å². The number of unbranched alkanes of at least 4 members (excludes halogenated alkanes) is 8. The van der Waals surface area contributed by atoms with E-state index in [0.717, 1.165) is 18.9 Å². The lowest BCUT2D eigenvalue weighted by molar-refractivity contribution is -0.136. The van der Waals surface area contributed by atoms with Crippen LogP contribution in [0.3, 0.4) is 0 Å². The van der Waals surface area contributed by atoms with Gasteiger partial charge in [0.25, 0.3) is 0 Å². The number of aliphatic carboxylic acids is 2. The molecule has 4 N–H and O–H groups in total. The molecule has 0 fully saturated rings. The summed E-state index contributed by atoms with van der Waals surface area (Å²) in [6.07, 6.45) is 11.6. The van der Waals surface area contributed by atoms with Gasteiger partial charge in [-0.15, -0.1) is 0 Å². The van der Waals surface area contributed by atoms with E-state index in [-0.39, 0.29) is 17.6 Å². The van der Waals surface area contributed by atoms with Gasteiger partial charge in [0, 0.05) is 17.6 Å². The zero-order valence-electron chi connectivity index (χ0n) is 16.5. The highest BCUT2D eigenvalue weighted by Gasteiger charge is 2.20. The number of rotatable bonds is 13. The Hall–Kier alpha value is -1.66. The molecular formula is C20H36O6. The van der Waals surface area contributed by atoms with Crippen LogP contribution < -0.4 is 0 Å². The fraction of sp³-hybridized carbons (Fsp3) is 0.700. The molecule has 0 aliphatic carbocycles. The molecule has 0 aromatic carbocycles. The van der Waals surface area contributed by atoms with Gasteiger partial charge < -0.3 is 20.4 Å². The quantitative estimate of drug-likeness (QED) is 0.218. The first-order valence-electron chi connectivity index (χ1n) is 9.29. The van der Waals surface area contributed by atoms with E-state index in [1.807, 2.05) is 0 Å². The summed E-state index contributed by atoms with van der Waals surface area (Å²) in [7, 11) is 0. The molecule has 0 aliphatic rings. The largest absolute Gasteiger partial charge is 0.478 e. The van der Waals surface area contributed by atoms with Crippen LogP contribution in [0.5, 0.6) is 0 Å². The number of carbonyl (C=O) groups is 2. The molecule has 0 aromatic heterocycles. The fourth-order valence-corrected chi connectivity index (χ4v) is 2.18. The first kappa shape index (κ1) is 26.6. The summed E-state index contributed by atoms with van der Waals surface area (Å²) in [5.41, 5.74) is 0.140. The SMILES string of the molecule is C=C(C)C(=O)O.CCCCCCCCCCCC(O)(O)C=C(C)C(=O)O. The highest BCUT2D eigenvalue weighted by Crippen LogP contribution is 2.17. The summed E-state index contributed by atoms with van der Waals surface area (Å²) in [6.45, 7) is 8.17. The molecule has 6 nitrogen and oxygen atoms in total. The molecule has 0 bridgehead atoms. The Bertz CT molecular complexity index is 439. The van der Waals surface area contributed by atoms with Gasteiger partial charge in [0.1, 0.15) is 0 Å². The Morgan fingerprint density at radius 1 is 0.846 bits per heavy atom. The number of carboxylic acids is 2. The van der Waals surface area contributed by atoms with E-state index in [9.17, 15) is 19.8 Å². The van der Waals surface area contributed by atoms with Gasteiger partial charge in [0.15, 0.2) is 5.79 Å². The van der Waals surface area contributed by atoms with Gasteiger partial charge in [0.05, 0.1) is 0 Å². The molecule has 0 spiro atoms. The molecular weight excluding hydrogens is 336 g/mol. The van der Waals surface area contributed by atoms with Crippen LogP contribution >= 0.6 is 0 Å². The maximum Gasteiger partial charge on any atom is 0.331 e. The molecule has 0 amide bonds. The smallest absolute Gasteiger partial charge is 0.331 e.